The molecule has 6 heteroatoms. The molecule has 1 aromatic carbocycles. The Labute approximate surface area is 214 Å². The summed E-state index contributed by atoms with van der Waals surface area (Å²) in [5.41, 5.74) is 12.3. The molecule has 0 atom stereocenters. The Hall–Kier alpha value is -3.38. The number of halogens is 1. The molecule has 192 valence electrons. The van der Waals surface area contributed by atoms with Gasteiger partial charge in [-0.3, -0.25) is 0 Å². The number of hydrogen-bond donors (Lipinski definition) is 2. The highest BCUT2D eigenvalue weighted by Crippen LogP contribution is 2.30. The van der Waals surface area contributed by atoms with Crippen LogP contribution in [0.15, 0.2) is 89.8 Å². The van der Waals surface area contributed by atoms with E-state index in [2.05, 4.69) is 31.5 Å². The van der Waals surface area contributed by atoms with Crippen molar-refractivity contribution < 1.29 is 13.9 Å². The second-order valence-corrected chi connectivity index (χ2v) is 9.35. The van der Waals surface area contributed by atoms with E-state index in [4.69, 9.17) is 10.5 Å². The molecular weight excluding hydrogens is 453 g/mol. The van der Waals surface area contributed by atoms with Gasteiger partial charge in [-0.2, -0.15) is 0 Å². The highest BCUT2D eigenvalue weighted by atomic mass is 19.1. The van der Waals surface area contributed by atoms with Gasteiger partial charge in [0.05, 0.1) is 11.4 Å². The van der Waals surface area contributed by atoms with Gasteiger partial charge in [0.2, 0.25) is 0 Å². The number of carbonyl (C=O) groups excluding carboxylic acids is 1. The predicted molar refractivity (Wildman–Crippen MR) is 145 cm³/mol. The molecule has 0 unspecified atom stereocenters. The summed E-state index contributed by atoms with van der Waals surface area (Å²) in [6.07, 6.45) is 11.9. The first kappa shape index (κ1) is 27.2. The third-order valence-electron chi connectivity index (χ3n) is 6.73. The summed E-state index contributed by atoms with van der Waals surface area (Å²) in [5.74, 6) is 0.258. The Morgan fingerprint density at radius 2 is 1.86 bits per heavy atom. The molecule has 2 aliphatic heterocycles. The SMILES string of the molecule is C=CC1=C(/C=C(\CCC)C2CCOCC2)CN(C(=O)NC(=C)/C(N)=C\C=C(/C)c2ccc(F)cc2)C1. The van der Waals surface area contributed by atoms with Crippen molar-refractivity contribution in [3.8, 4) is 0 Å². The summed E-state index contributed by atoms with van der Waals surface area (Å²) in [6.45, 7) is 14.6. The van der Waals surface area contributed by atoms with Crippen molar-refractivity contribution in [2.75, 3.05) is 26.3 Å². The maximum atomic E-state index is 13.1. The molecule has 1 aromatic rings. The summed E-state index contributed by atoms with van der Waals surface area (Å²) in [6, 6.07) is 6.00. The van der Waals surface area contributed by atoms with Gasteiger partial charge in [0.25, 0.3) is 0 Å². The number of benzene rings is 1. The van der Waals surface area contributed by atoms with E-state index in [0.29, 0.717) is 30.4 Å². The molecule has 5 nitrogen and oxygen atoms in total. The van der Waals surface area contributed by atoms with Crippen molar-refractivity contribution >= 4 is 11.6 Å². The van der Waals surface area contributed by atoms with E-state index in [9.17, 15) is 9.18 Å². The Kier molecular flexibility index (Phi) is 9.88. The van der Waals surface area contributed by atoms with E-state index in [1.165, 1.54) is 17.7 Å². The summed E-state index contributed by atoms with van der Waals surface area (Å²) < 4.78 is 18.7. The summed E-state index contributed by atoms with van der Waals surface area (Å²) in [5, 5.41) is 2.82. The van der Waals surface area contributed by atoms with Crippen molar-refractivity contribution in [1.82, 2.24) is 10.2 Å². The molecule has 3 N–H and O–H groups in total. The van der Waals surface area contributed by atoms with Crippen LogP contribution >= 0.6 is 0 Å². The van der Waals surface area contributed by atoms with E-state index < -0.39 is 0 Å². The number of amides is 2. The molecule has 36 heavy (non-hydrogen) atoms. The minimum absolute atomic E-state index is 0.249. The van der Waals surface area contributed by atoms with E-state index in [0.717, 1.165) is 61.2 Å². The molecule has 0 radical (unpaired) electrons. The Balaban J connectivity index is 1.64. The molecule has 2 heterocycles. The largest absolute Gasteiger partial charge is 0.397 e. The second kappa shape index (κ2) is 13.1. The summed E-state index contributed by atoms with van der Waals surface area (Å²) in [7, 11) is 0. The summed E-state index contributed by atoms with van der Waals surface area (Å²) in [4.78, 5) is 14.7. The fourth-order valence-electron chi connectivity index (χ4n) is 4.53. The quantitative estimate of drug-likeness (QED) is 0.402. The van der Waals surface area contributed by atoms with Crippen LogP contribution in [0.1, 0.15) is 45.1 Å². The Bertz CT molecular complexity index is 1090. The van der Waals surface area contributed by atoms with Crippen LogP contribution in [0.5, 0.6) is 0 Å². The van der Waals surface area contributed by atoms with Crippen LogP contribution in [-0.2, 0) is 4.74 Å². The van der Waals surface area contributed by atoms with Crippen molar-refractivity contribution in [3.05, 3.63) is 101 Å². The van der Waals surface area contributed by atoms with Crippen LogP contribution in [0.25, 0.3) is 5.57 Å². The van der Waals surface area contributed by atoms with Gasteiger partial charge in [0, 0.05) is 26.3 Å². The highest BCUT2D eigenvalue weighted by Gasteiger charge is 2.25. The zero-order valence-electron chi connectivity index (χ0n) is 21.5. The lowest BCUT2D eigenvalue weighted by Crippen LogP contribution is -2.39. The van der Waals surface area contributed by atoms with Gasteiger partial charge in [0.1, 0.15) is 5.82 Å². The zero-order chi connectivity index (χ0) is 26.1. The third kappa shape index (κ3) is 7.31. The zero-order valence-corrected chi connectivity index (χ0v) is 21.5. The van der Waals surface area contributed by atoms with Gasteiger partial charge in [-0.1, -0.05) is 62.4 Å². The number of nitrogens with zero attached hydrogens (tertiary/aromatic N) is 1. The fraction of sp³-hybridized carbons (Fsp3) is 0.367. The maximum absolute atomic E-state index is 13.1. The number of allylic oxidation sites excluding steroid dienone is 4. The molecule has 0 spiro atoms. The number of hydrogen-bond acceptors (Lipinski definition) is 3. The predicted octanol–water partition coefficient (Wildman–Crippen LogP) is 6.25. The van der Waals surface area contributed by atoms with Crippen LogP contribution < -0.4 is 11.1 Å². The van der Waals surface area contributed by atoms with Crippen LogP contribution in [0.2, 0.25) is 0 Å². The number of carbonyl (C=O) groups is 1. The smallest absolute Gasteiger partial charge is 0.322 e. The molecule has 0 aromatic heterocycles. The van der Waals surface area contributed by atoms with Gasteiger partial charge in [0.15, 0.2) is 0 Å². The molecule has 1 saturated heterocycles. The van der Waals surface area contributed by atoms with Crippen LogP contribution in [0.4, 0.5) is 9.18 Å². The van der Waals surface area contributed by atoms with Gasteiger partial charge in [-0.25, -0.2) is 9.18 Å². The van der Waals surface area contributed by atoms with Crippen LogP contribution in [-0.4, -0.2) is 37.2 Å². The second-order valence-electron chi connectivity index (χ2n) is 9.35. The van der Waals surface area contributed by atoms with Gasteiger partial charge in [-0.05, 0) is 72.6 Å². The van der Waals surface area contributed by atoms with E-state index in [1.54, 1.807) is 23.1 Å². The lowest BCUT2D eigenvalue weighted by molar-refractivity contribution is 0.0749. The first-order valence-electron chi connectivity index (χ1n) is 12.6. The van der Waals surface area contributed by atoms with Gasteiger partial charge >= 0.3 is 6.03 Å². The number of nitrogens with one attached hydrogen (secondary N) is 1. The Morgan fingerprint density at radius 3 is 2.50 bits per heavy atom. The molecule has 2 amide bonds. The minimum Gasteiger partial charge on any atom is -0.397 e. The third-order valence-corrected chi connectivity index (χ3v) is 6.73. The number of ether oxygens (including phenoxy) is 1. The molecule has 2 aliphatic rings. The summed E-state index contributed by atoms with van der Waals surface area (Å²) >= 11 is 0. The Morgan fingerprint density at radius 1 is 1.19 bits per heavy atom. The van der Waals surface area contributed by atoms with Crippen LogP contribution in [0, 0.1) is 11.7 Å². The molecule has 0 bridgehead atoms. The molecule has 0 saturated carbocycles. The van der Waals surface area contributed by atoms with E-state index >= 15 is 0 Å². The van der Waals surface area contributed by atoms with Gasteiger partial charge in [-0.15, -0.1) is 0 Å². The lowest BCUT2D eigenvalue weighted by Gasteiger charge is -2.25. The molecule has 3 rings (SSSR count). The lowest BCUT2D eigenvalue weighted by atomic mass is 9.87. The monoisotopic (exact) mass is 491 g/mol. The average Bonchev–Trinajstić information content (AvgIpc) is 3.30. The average molecular weight is 492 g/mol. The standard InChI is InChI=1S/C30H38FN3O2/c1-5-7-26(25-14-16-36-17-15-25)18-27-20-34(19-23(27)6-2)30(35)33-22(4)29(32)13-8-21(3)24-9-11-28(31)12-10-24/h6,8-13,18,25H,2,4-5,7,14-17,19-20,32H2,1,3H3,(H,33,35)/b21-8+,26-18+,29-13+. The van der Waals surface area contributed by atoms with Crippen LogP contribution in [0.3, 0.4) is 0 Å². The number of urea groups is 1. The topological polar surface area (TPSA) is 67.6 Å². The van der Waals surface area contributed by atoms with E-state index in [1.807, 2.05) is 19.1 Å². The first-order chi connectivity index (χ1) is 17.3. The van der Waals surface area contributed by atoms with E-state index in [-0.39, 0.29) is 11.8 Å². The minimum atomic E-state index is -0.280. The van der Waals surface area contributed by atoms with Gasteiger partial charge < -0.3 is 20.7 Å². The molecule has 1 fully saturated rings. The maximum Gasteiger partial charge on any atom is 0.322 e. The first-order valence-corrected chi connectivity index (χ1v) is 12.6. The fourth-order valence-corrected chi connectivity index (χ4v) is 4.53. The van der Waals surface area contributed by atoms with Crippen molar-refractivity contribution in [1.29, 1.82) is 0 Å². The van der Waals surface area contributed by atoms with Crippen molar-refractivity contribution in [3.63, 3.8) is 0 Å². The normalized spacial score (nSPS) is 18.0. The number of rotatable bonds is 9. The molecule has 0 aliphatic carbocycles. The van der Waals surface area contributed by atoms with Crippen molar-refractivity contribution in [2.24, 2.45) is 11.7 Å². The molecular formula is C30H38FN3O2. The highest BCUT2D eigenvalue weighted by molar-refractivity contribution is 5.79. The number of nitrogens with two attached hydrogens (primary N) is 1. The van der Waals surface area contributed by atoms with Crippen molar-refractivity contribution in [2.45, 2.75) is 39.5 Å².